The van der Waals surface area contributed by atoms with E-state index in [4.69, 9.17) is 10.5 Å². The molecule has 0 heterocycles. The fourth-order valence-electron chi connectivity index (χ4n) is 2.37. The summed E-state index contributed by atoms with van der Waals surface area (Å²) < 4.78 is 5.17. The van der Waals surface area contributed by atoms with Gasteiger partial charge in [-0.3, -0.25) is 10.2 Å². The minimum atomic E-state index is 0.333. The number of hydrogen-bond donors (Lipinski definition) is 2. The molecule has 5 nitrogen and oxygen atoms in total. The van der Waals surface area contributed by atoms with Crippen LogP contribution in [0.25, 0.3) is 0 Å². The molecular weight excluding hydrogens is 266 g/mol. The van der Waals surface area contributed by atoms with Gasteiger partial charge < -0.3 is 10.5 Å². The molecule has 0 fully saturated rings. The van der Waals surface area contributed by atoms with Crippen LogP contribution in [0.2, 0.25) is 0 Å². The van der Waals surface area contributed by atoms with Gasteiger partial charge in [0.15, 0.2) is 0 Å². The first kappa shape index (κ1) is 17.5. The van der Waals surface area contributed by atoms with Gasteiger partial charge in [0.2, 0.25) is 6.41 Å². The lowest BCUT2D eigenvalue weighted by atomic mass is 9.89. The Morgan fingerprint density at radius 3 is 2.62 bits per heavy atom. The highest BCUT2D eigenvalue weighted by atomic mass is 16.5. The number of methoxy groups -OCH3 is 1. The maximum atomic E-state index is 9.78. The van der Waals surface area contributed by atoms with Gasteiger partial charge in [-0.05, 0) is 42.5 Å². The molecule has 0 spiro atoms. The van der Waals surface area contributed by atoms with Crippen molar-refractivity contribution in [3.05, 3.63) is 29.3 Å². The zero-order chi connectivity index (χ0) is 15.7. The van der Waals surface area contributed by atoms with Gasteiger partial charge in [0.1, 0.15) is 5.75 Å². The van der Waals surface area contributed by atoms with Crippen molar-refractivity contribution in [3.63, 3.8) is 0 Å². The molecule has 1 aliphatic rings. The van der Waals surface area contributed by atoms with Crippen molar-refractivity contribution < 1.29 is 9.53 Å². The topological polar surface area (TPSA) is 67.6 Å². The van der Waals surface area contributed by atoms with Crippen LogP contribution in [-0.2, 0) is 17.6 Å². The highest BCUT2D eigenvalue weighted by Gasteiger charge is 2.15. The molecule has 1 aromatic rings. The van der Waals surface area contributed by atoms with Crippen LogP contribution in [-0.4, -0.2) is 37.7 Å². The van der Waals surface area contributed by atoms with Crippen LogP contribution < -0.4 is 15.9 Å². The van der Waals surface area contributed by atoms with E-state index in [0.717, 1.165) is 38.1 Å². The second-order valence-corrected chi connectivity index (χ2v) is 5.06. The monoisotopic (exact) mass is 293 g/mol. The molecule has 2 rings (SSSR count). The van der Waals surface area contributed by atoms with Crippen LogP contribution in [0.5, 0.6) is 5.75 Å². The number of nitrogens with zero attached hydrogens (tertiary/aromatic N) is 1. The van der Waals surface area contributed by atoms with E-state index in [0.29, 0.717) is 12.5 Å². The second-order valence-electron chi connectivity index (χ2n) is 5.06. The van der Waals surface area contributed by atoms with Crippen molar-refractivity contribution in [2.24, 2.45) is 5.73 Å². The van der Waals surface area contributed by atoms with Gasteiger partial charge in [-0.1, -0.05) is 19.9 Å². The number of hydrazine groups is 1. The summed E-state index contributed by atoms with van der Waals surface area (Å²) in [5.74, 6) is 0.938. The molecule has 1 aliphatic carbocycles. The molecule has 0 aliphatic heterocycles. The molecule has 0 unspecified atom stereocenters. The van der Waals surface area contributed by atoms with Crippen molar-refractivity contribution in [3.8, 4) is 5.75 Å². The molecule has 21 heavy (non-hydrogen) atoms. The largest absolute Gasteiger partial charge is 0.497 e. The average molecular weight is 293 g/mol. The Hall–Kier alpha value is -1.59. The van der Waals surface area contributed by atoms with E-state index in [9.17, 15) is 4.79 Å². The third-order valence-corrected chi connectivity index (χ3v) is 3.68. The maximum Gasteiger partial charge on any atom is 0.221 e. The van der Waals surface area contributed by atoms with Crippen molar-refractivity contribution in [1.82, 2.24) is 10.4 Å². The molecule has 5 heteroatoms. The number of fused-ring (bicyclic) bond motifs is 1. The average Bonchev–Trinajstić information content (AvgIpc) is 2.52. The fourth-order valence-corrected chi connectivity index (χ4v) is 2.37. The summed E-state index contributed by atoms with van der Waals surface area (Å²) in [5, 5.41) is 1.81. The summed E-state index contributed by atoms with van der Waals surface area (Å²) in [6.45, 7) is 5.68. The predicted molar refractivity (Wildman–Crippen MR) is 85.1 cm³/mol. The van der Waals surface area contributed by atoms with Crippen LogP contribution in [0.1, 0.15) is 31.4 Å². The molecular formula is C16H27N3O2. The van der Waals surface area contributed by atoms with E-state index < -0.39 is 0 Å². The lowest BCUT2D eigenvalue weighted by Crippen LogP contribution is -2.36. The van der Waals surface area contributed by atoms with Gasteiger partial charge in [0.05, 0.1) is 7.11 Å². The van der Waals surface area contributed by atoms with E-state index in [-0.39, 0.29) is 0 Å². The van der Waals surface area contributed by atoms with Crippen molar-refractivity contribution >= 4 is 6.41 Å². The van der Waals surface area contributed by atoms with Crippen molar-refractivity contribution in [2.75, 3.05) is 20.2 Å². The number of nitrogens with one attached hydrogen (secondary N) is 1. The summed E-state index contributed by atoms with van der Waals surface area (Å²) in [6.07, 6.45) is 3.90. The number of aryl methyl sites for hydroxylation is 1. The maximum absolute atomic E-state index is 9.78. The van der Waals surface area contributed by atoms with Crippen molar-refractivity contribution in [1.29, 1.82) is 0 Å². The Balaban J connectivity index is 0.000000240. The molecule has 0 saturated carbocycles. The number of ether oxygens (including phenoxy) is 1. The number of amides is 1. The summed E-state index contributed by atoms with van der Waals surface area (Å²) in [5.41, 5.74) is 11.2. The predicted octanol–water partition coefficient (Wildman–Crippen LogP) is 1.50. The van der Waals surface area contributed by atoms with Gasteiger partial charge in [0.25, 0.3) is 0 Å². The number of carbonyl (C=O) groups is 1. The number of nitrogens with two attached hydrogens (primary N) is 1. The number of benzene rings is 1. The molecule has 3 N–H and O–H groups in total. The highest BCUT2D eigenvalue weighted by Crippen LogP contribution is 2.24. The van der Waals surface area contributed by atoms with Crippen LogP contribution in [0.3, 0.4) is 0 Å². The van der Waals surface area contributed by atoms with Crippen LogP contribution in [0, 0.1) is 0 Å². The number of rotatable bonds is 5. The Morgan fingerprint density at radius 2 is 2.10 bits per heavy atom. The minimum absolute atomic E-state index is 0.333. The standard InChI is InChI=1S/C11H15NO.C5H12N2O/c1-13-11-5-3-8-2-4-10(12)6-9(8)7-11;1-3-7(4-2)6-5-8/h3,5,7,10H,2,4,6,12H2,1H3;5H,3-4H2,1-2H3,(H,6,8)/t10-;/m0./s1. The Kier molecular flexibility index (Phi) is 7.79. The fraction of sp³-hybridized carbons (Fsp3) is 0.562. The molecule has 1 atom stereocenters. The lowest BCUT2D eigenvalue weighted by molar-refractivity contribution is -0.113. The lowest BCUT2D eigenvalue weighted by Gasteiger charge is -2.21. The van der Waals surface area contributed by atoms with E-state index in [2.05, 4.69) is 17.6 Å². The van der Waals surface area contributed by atoms with E-state index in [1.165, 1.54) is 11.1 Å². The number of carbonyl (C=O) groups excluding carboxylic acids is 1. The van der Waals surface area contributed by atoms with E-state index in [1.807, 2.05) is 24.9 Å². The Bertz CT molecular complexity index is 434. The van der Waals surface area contributed by atoms with Gasteiger partial charge in [-0.15, -0.1) is 0 Å². The molecule has 0 aromatic heterocycles. The Labute approximate surface area is 127 Å². The first-order valence-corrected chi connectivity index (χ1v) is 7.50. The zero-order valence-electron chi connectivity index (χ0n) is 13.3. The van der Waals surface area contributed by atoms with Crippen LogP contribution in [0.4, 0.5) is 0 Å². The molecule has 118 valence electrons. The SMILES string of the molecule is CCN(CC)NC=O.COc1ccc2c(c1)C[C@@H](N)CC2. The van der Waals surface area contributed by atoms with Gasteiger partial charge >= 0.3 is 0 Å². The third-order valence-electron chi connectivity index (χ3n) is 3.68. The second kappa shape index (κ2) is 9.37. The van der Waals surface area contributed by atoms with Crippen molar-refractivity contribution in [2.45, 2.75) is 39.2 Å². The van der Waals surface area contributed by atoms with Crippen LogP contribution in [0.15, 0.2) is 18.2 Å². The third kappa shape index (κ3) is 5.73. The summed E-state index contributed by atoms with van der Waals surface area (Å²) in [4.78, 5) is 9.78. The van der Waals surface area contributed by atoms with Gasteiger partial charge in [-0.2, -0.15) is 0 Å². The quantitative estimate of drug-likeness (QED) is 0.638. The molecule has 1 aromatic carbocycles. The minimum Gasteiger partial charge on any atom is -0.497 e. The molecule has 0 radical (unpaired) electrons. The summed E-state index contributed by atoms with van der Waals surface area (Å²) in [6, 6.07) is 6.61. The van der Waals surface area contributed by atoms with Gasteiger partial charge in [-0.25, -0.2) is 5.01 Å². The zero-order valence-corrected chi connectivity index (χ0v) is 13.3. The molecule has 1 amide bonds. The number of hydrogen-bond acceptors (Lipinski definition) is 4. The smallest absolute Gasteiger partial charge is 0.221 e. The van der Waals surface area contributed by atoms with E-state index >= 15 is 0 Å². The highest BCUT2D eigenvalue weighted by molar-refractivity contribution is 5.44. The first-order chi connectivity index (χ1) is 10.1. The van der Waals surface area contributed by atoms with Gasteiger partial charge in [0, 0.05) is 19.1 Å². The summed E-state index contributed by atoms with van der Waals surface area (Å²) in [7, 11) is 1.70. The van der Waals surface area contributed by atoms with E-state index in [1.54, 1.807) is 7.11 Å². The molecule has 0 bridgehead atoms. The normalized spacial score (nSPS) is 16.5. The first-order valence-electron chi connectivity index (χ1n) is 7.50. The van der Waals surface area contributed by atoms with Crippen LogP contribution >= 0.6 is 0 Å². The molecule has 0 saturated heterocycles. The summed E-state index contributed by atoms with van der Waals surface area (Å²) >= 11 is 0. The Morgan fingerprint density at radius 1 is 1.38 bits per heavy atom.